The Morgan fingerprint density at radius 2 is 1.86 bits per heavy atom. The average Bonchev–Trinajstić information content (AvgIpc) is 2.47. The van der Waals surface area contributed by atoms with Crippen molar-refractivity contribution >= 4 is 48.6 Å². The van der Waals surface area contributed by atoms with E-state index in [2.05, 4.69) is 47.1 Å². The molecule has 3 aromatic rings. The molecule has 0 spiro atoms. The van der Waals surface area contributed by atoms with Crippen LogP contribution in [0, 0.1) is 5.82 Å². The number of benzene rings is 2. The molecule has 21 heavy (non-hydrogen) atoms. The predicted molar refractivity (Wildman–Crippen MR) is 89.9 cm³/mol. The molecule has 0 amide bonds. The molecule has 0 saturated carbocycles. The van der Waals surface area contributed by atoms with Crippen molar-refractivity contribution in [2.24, 2.45) is 0 Å². The van der Waals surface area contributed by atoms with Gasteiger partial charge in [0.25, 0.3) is 0 Å². The fraction of sp³-hybridized carbons (Fsp3) is 0.0667. The molecule has 0 radical (unpaired) electrons. The van der Waals surface area contributed by atoms with Crippen molar-refractivity contribution < 1.29 is 4.39 Å². The fourth-order valence-electron chi connectivity index (χ4n) is 2.11. The van der Waals surface area contributed by atoms with Crippen molar-refractivity contribution in [3.05, 3.63) is 51.2 Å². The molecule has 0 saturated heterocycles. The summed E-state index contributed by atoms with van der Waals surface area (Å²) >= 11 is 6.94. The van der Waals surface area contributed by atoms with Crippen LogP contribution in [0.4, 0.5) is 10.2 Å². The summed E-state index contributed by atoms with van der Waals surface area (Å²) in [6, 6.07) is 10.3. The number of rotatable bonds is 2. The second kappa shape index (κ2) is 5.69. The van der Waals surface area contributed by atoms with Crippen molar-refractivity contribution in [1.29, 1.82) is 0 Å². The molecule has 0 unspecified atom stereocenters. The summed E-state index contributed by atoms with van der Waals surface area (Å²) in [5.74, 6) is 0.667. The smallest absolute Gasteiger partial charge is 0.165 e. The van der Waals surface area contributed by atoms with Gasteiger partial charge in [0.05, 0.1) is 11.1 Å². The lowest BCUT2D eigenvalue weighted by atomic mass is 10.1. The van der Waals surface area contributed by atoms with Crippen molar-refractivity contribution in [1.82, 2.24) is 9.97 Å². The third-order valence-corrected chi connectivity index (χ3v) is 4.13. The molecule has 1 N–H and O–H groups in total. The highest BCUT2D eigenvalue weighted by molar-refractivity contribution is 9.11. The van der Waals surface area contributed by atoms with Crippen molar-refractivity contribution in [3.8, 4) is 11.4 Å². The van der Waals surface area contributed by atoms with Gasteiger partial charge in [-0.2, -0.15) is 0 Å². The van der Waals surface area contributed by atoms with Gasteiger partial charge in [0.2, 0.25) is 0 Å². The van der Waals surface area contributed by atoms with Crippen molar-refractivity contribution in [2.75, 3.05) is 12.4 Å². The van der Waals surface area contributed by atoms with Crippen LogP contribution in [-0.2, 0) is 0 Å². The Kier molecular flexibility index (Phi) is 3.91. The van der Waals surface area contributed by atoms with E-state index in [-0.39, 0.29) is 5.82 Å². The van der Waals surface area contributed by atoms with Crippen LogP contribution in [0.2, 0.25) is 0 Å². The molecule has 1 aromatic heterocycles. The van der Waals surface area contributed by atoms with Crippen LogP contribution in [0.25, 0.3) is 22.3 Å². The highest BCUT2D eigenvalue weighted by Crippen LogP contribution is 2.33. The van der Waals surface area contributed by atoms with Gasteiger partial charge < -0.3 is 5.32 Å². The summed E-state index contributed by atoms with van der Waals surface area (Å²) in [4.78, 5) is 8.93. The van der Waals surface area contributed by atoms with Gasteiger partial charge in [0.15, 0.2) is 5.82 Å². The van der Waals surface area contributed by atoms with Gasteiger partial charge in [-0.1, -0.05) is 28.1 Å². The van der Waals surface area contributed by atoms with Crippen LogP contribution in [0.5, 0.6) is 0 Å². The zero-order valence-corrected chi connectivity index (χ0v) is 14.2. The molecule has 2 aromatic carbocycles. The van der Waals surface area contributed by atoms with E-state index >= 15 is 0 Å². The third kappa shape index (κ3) is 2.65. The minimum Gasteiger partial charge on any atom is -0.373 e. The van der Waals surface area contributed by atoms with Gasteiger partial charge in [-0.3, -0.25) is 0 Å². The number of halogens is 3. The normalized spacial score (nSPS) is 10.9. The predicted octanol–water partition coefficient (Wildman–Crippen LogP) is 5.00. The Bertz CT molecular complexity index is 837. The minimum atomic E-state index is -0.341. The third-order valence-electron chi connectivity index (χ3n) is 3.07. The Morgan fingerprint density at radius 3 is 2.57 bits per heavy atom. The summed E-state index contributed by atoms with van der Waals surface area (Å²) in [6.45, 7) is 0. The fourth-order valence-corrected chi connectivity index (χ4v) is 3.42. The number of aromatic nitrogens is 2. The maximum atomic E-state index is 14.0. The van der Waals surface area contributed by atoms with Crippen LogP contribution < -0.4 is 5.32 Å². The average molecular weight is 411 g/mol. The molecule has 3 nitrogen and oxygen atoms in total. The number of nitrogens with zero attached hydrogens (tertiary/aromatic N) is 2. The standard InChI is InChI=1S/C15H10Br2FN3/c1-19-14-10-6-8(16)7-11(17)13(10)20-15(21-14)9-4-2-3-5-12(9)18/h2-7H,1H3,(H,19,20,21). The van der Waals surface area contributed by atoms with Crippen LogP contribution in [0.3, 0.4) is 0 Å². The monoisotopic (exact) mass is 409 g/mol. The molecule has 0 fully saturated rings. The molecule has 1 heterocycles. The van der Waals surface area contributed by atoms with Crippen LogP contribution in [0.15, 0.2) is 45.3 Å². The first-order chi connectivity index (χ1) is 10.1. The lowest BCUT2D eigenvalue weighted by Crippen LogP contribution is -2.00. The van der Waals surface area contributed by atoms with Gasteiger partial charge in [0, 0.05) is 21.4 Å². The summed E-state index contributed by atoms with van der Waals surface area (Å²) in [6.07, 6.45) is 0. The lowest BCUT2D eigenvalue weighted by Gasteiger charge is -2.10. The molecule has 0 aliphatic carbocycles. The van der Waals surface area contributed by atoms with Crippen LogP contribution in [0.1, 0.15) is 0 Å². The van der Waals surface area contributed by atoms with Crippen LogP contribution in [-0.4, -0.2) is 17.0 Å². The van der Waals surface area contributed by atoms with E-state index in [0.29, 0.717) is 17.2 Å². The number of hydrogen-bond donors (Lipinski definition) is 1. The van der Waals surface area contributed by atoms with Crippen LogP contribution >= 0.6 is 31.9 Å². The number of fused-ring (bicyclic) bond motifs is 1. The largest absolute Gasteiger partial charge is 0.373 e. The summed E-state index contributed by atoms with van der Waals surface area (Å²) in [5, 5.41) is 3.90. The van der Waals surface area contributed by atoms with Gasteiger partial charge >= 0.3 is 0 Å². The van der Waals surface area contributed by atoms with E-state index in [1.807, 2.05) is 12.1 Å². The first-order valence-corrected chi connectivity index (χ1v) is 7.78. The zero-order chi connectivity index (χ0) is 15.0. The van der Waals surface area contributed by atoms with Gasteiger partial charge in [-0.15, -0.1) is 0 Å². The van der Waals surface area contributed by atoms with E-state index < -0.39 is 0 Å². The first-order valence-electron chi connectivity index (χ1n) is 6.19. The maximum Gasteiger partial charge on any atom is 0.165 e. The second-order valence-electron chi connectivity index (χ2n) is 4.41. The van der Waals surface area contributed by atoms with Crippen molar-refractivity contribution in [2.45, 2.75) is 0 Å². The summed E-state index contributed by atoms with van der Waals surface area (Å²) in [5.41, 5.74) is 1.11. The van der Waals surface area contributed by atoms with Gasteiger partial charge in [-0.05, 0) is 40.2 Å². The Balaban J connectivity index is 2.34. The molecule has 6 heteroatoms. The summed E-state index contributed by atoms with van der Waals surface area (Å²) in [7, 11) is 1.78. The molecule has 0 aliphatic rings. The van der Waals surface area contributed by atoms with Gasteiger partial charge in [-0.25, -0.2) is 14.4 Å². The zero-order valence-electron chi connectivity index (χ0n) is 11.0. The Morgan fingerprint density at radius 1 is 1.10 bits per heavy atom. The number of anilines is 1. The van der Waals surface area contributed by atoms with E-state index in [1.165, 1.54) is 6.07 Å². The van der Waals surface area contributed by atoms with E-state index in [4.69, 9.17) is 0 Å². The molecule has 0 aliphatic heterocycles. The first kappa shape index (κ1) is 14.4. The molecule has 106 valence electrons. The molecular formula is C15H10Br2FN3. The maximum absolute atomic E-state index is 14.0. The topological polar surface area (TPSA) is 37.8 Å². The minimum absolute atomic E-state index is 0.341. The molecule has 3 rings (SSSR count). The summed E-state index contributed by atoms with van der Waals surface area (Å²) < 4.78 is 15.7. The highest BCUT2D eigenvalue weighted by Gasteiger charge is 2.14. The number of hydrogen-bond acceptors (Lipinski definition) is 3. The quantitative estimate of drug-likeness (QED) is 0.645. The Hall–Kier alpha value is -1.53. The molecule has 0 bridgehead atoms. The van der Waals surface area contributed by atoms with Crippen molar-refractivity contribution in [3.63, 3.8) is 0 Å². The Labute approximate surface area is 137 Å². The molecular weight excluding hydrogens is 401 g/mol. The van der Waals surface area contributed by atoms with E-state index in [0.717, 1.165) is 19.8 Å². The van der Waals surface area contributed by atoms with Gasteiger partial charge in [0.1, 0.15) is 11.6 Å². The van der Waals surface area contributed by atoms with E-state index in [9.17, 15) is 4.39 Å². The van der Waals surface area contributed by atoms with E-state index in [1.54, 1.807) is 25.2 Å². The number of nitrogens with one attached hydrogen (secondary N) is 1. The SMILES string of the molecule is CNc1nc(-c2ccccc2F)nc2c(Br)cc(Br)cc12. The lowest BCUT2D eigenvalue weighted by molar-refractivity contribution is 0.630. The molecule has 0 atom stereocenters. The highest BCUT2D eigenvalue weighted by atomic mass is 79.9. The second-order valence-corrected chi connectivity index (χ2v) is 6.18.